The molecule has 1 spiro atoms. The molecule has 4 rings (SSSR count). The van der Waals surface area contributed by atoms with E-state index in [9.17, 15) is 4.79 Å². The minimum absolute atomic E-state index is 0.260. The summed E-state index contributed by atoms with van der Waals surface area (Å²) in [6.45, 7) is 4.19. The second-order valence-corrected chi connectivity index (χ2v) is 6.52. The van der Waals surface area contributed by atoms with E-state index in [4.69, 9.17) is 19.0 Å². The number of anilines is 1. The van der Waals surface area contributed by atoms with Gasteiger partial charge in [-0.15, -0.1) is 0 Å². The van der Waals surface area contributed by atoms with Crippen LogP contribution in [0.4, 0.5) is 5.95 Å². The van der Waals surface area contributed by atoms with Crippen molar-refractivity contribution in [3.63, 3.8) is 0 Å². The highest BCUT2D eigenvalue weighted by Gasteiger charge is 2.47. The number of nitrogens with zero attached hydrogens (tertiary/aromatic N) is 4. The second kappa shape index (κ2) is 7.16. The molecular formula is C17H22N4O5. The van der Waals surface area contributed by atoms with Gasteiger partial charge in [-0.3, -0.25) is 0 Å². The highest BCUT2D eigenvalue weighted by molar-refractivity contribution is 6.37. The van der Waals surface area contributed by atoms with Crippen LogP contribution in [0.5, 0.6) is 0 Å². The minimum Gasteiger partial charge on any atom is -0.461 e. The molecule has 140 valence electrons. The van der Waals surface area contributed by atoms with Gasteiger partial charge in [-0.05, 0) is 13.0 Å². The van der Waals surface area contributed by atoms with Gasteiger partial charge in [-0.1, -0.05) is 5.16 Å². The Morgan fingerprint density at radius 3 is 2.73 bits per heavy atom. The van der Waals surface area contributed by atoms with E-state index < -0.39 is 11.8 Å². The fourth-order valence-electron chi connectivity index (χ4n) is 3.48. The summed E-state index contributed by atoms with van der Waals surface area (Å²) < 4.78 is 17.3. The van der Waals surface area contributed by atoms with Gasteiger partial charge in [-0.2, -0.15) is 0 Å². The van der Waals surface area contributed by atoms with Gasteiger partial charge in [-0.25, -0.2) is 14.8 Å². The molecule has 9 nitrogen and oxygen atoms in total. The van der Waals surface area contributed by atoms with Gasteiger partial charge in [0, 0.05) is 38.3 Å². The molecule has 26 heavy (non-hydrogen) atoms. The molecule has 4 heterocycles. The lowest BCUT2D eigenvalue weighted by atomic mass is 9.99. The summed E-state index contributed by atoms with van der Waals surface area (Å²) in [5.74, 6) is -0.661. The first-order valence-corrected chi connectivity index (χ1v) is 8.91. The van der Waals surface area contributed by atoms with E-state index >= 15 is 0 Å². The summed E-state index contributed by atoms with van der Waals surface area (Å²) in [5, 5.41) is 3.88. The van der Waals surface area contributed by atoms with Gasteiger partial charge in [0.15, 0.2) is 17.6 Å². The molecule has 0 aromatic carbocycles. The number of carbonyl (C=O) groups excluding carboxylic acids is 1. The van der Waals surface area contributed by atoms with Gasteiger partial charge in [0.25, 0.3) is 0 Å². The van der Waals surface area contributed by atoms with Gasteiger partial charge in [0.2, 0.25) is 5.95 Å². The molecule has 0 radical (unpaired) electrons. The Kier molecular flexibility index (Phi) is 4.73. The Labute approximate surface area is 151 Å². The third kappa shape index (κ3) is 3.24. The fourth-order valence-corrected chi connectivity index (χ4v) is 3.48. The van der Waals surface area contributed by atoms with Crippen molar-refractivity contribution in [2.75, 3.05) is 37.8 Å². The Morgan fingerprint density at radius 1 is 1.27 bits per heavy atom. The first kappa shape index (κ1) is 17.2. The van der Waals surface area contributed by atoms with Crippen molar-refractivity contribution in [3.8, 4) is 0 Å². The molecule has 2 fully saturated rings. The Bertz CT molecular complexity index is 675. The van der Waals surface area contributed by atoms with Crippen molar-refractivity contribution in [1.82, 2.24) is 9.97 Å². The molecule has 0 bridgehead atoms. The number of oxime groups is 1. The van der Waals surface area contributed by atoms with Crippen LogP contribution in [0.3, 0.4) is 0 Å². The van der Waals surface area contributed by atoms with Crippen LogP contribution >= 0.6 is 0 Å². The van der Waals surface area contributed by atoms with Crippen LogP contribution in [0.1, 0.15) is 19.8 Å². The number of piperidine rings is 1. The van der Waals surface area contributed by atoms with Crippen LogP contribution in [0.2, 0.25) is 0 Å². The quantitative estimate of drug-likeness (QED) is 0.727. The van der Waals surface area contributed by atoms with Crippen molar-refractivity contribution < 1.29 is 23.8 Å². The van der Waals surface area contributed by atoms with E-state index in [0.29, 0.717) is 38.6 Å². The molecule has 2 saturated heterocycles. The van der Waals surface area contributed by atoms with Crippen molar-refractivity contribution in [1.29, 1.82) is 0 Å². The molecule has 1 aromatic heterocycles. The Morgan fingerprint density at radius 2 is 2.00 bits per heavy atom. The van der Waals surface area contributed by atoms with Crippen molar-refractivity contribution in [2.24, 2.45) is 11.1 Å². The van der Waals surface area contributed by atoms with Crippen molar-refractivity contribution in [3.05, 3.63) is 18.5 Å². The molecule has 1 aromatic rings. The van der Waals surface area contributed by atoms with Gasteiger partial charge in [0.1, 0.15) is 0 Å². The molecular weight excluding hydrogens is 340 g/mol. The fraction of sp³-hybridized carbons (Fsp3) is 0.647. The average Bonchev–Trinajstić information content (AvgIpc) is 3.02. The van der Waals surface area contributed by atoms with Crippen LogP contribution in [0, 0.1) is 5.92 Å². The van der Waals surface area contributed by atoms with Crippen LogP contribution in [-0.2, 0) is 23.8 Å². The number of fused-ring (bicyclic) bond motifs is 1. The number of carbonyl (C=O) groups is 1. The lowest BCUT2D eigenvalue weighted by Gasteiger charge is -2.40. The summed E-state index contributed by atoms with van der Waals surface area (Å²) in [6.07, 6.45) is 4.54. The molecule has 2 atom stereocenters. The summed E-state index contributed by atoms with van der Waals surface area (Å²) >= 11 is 0. The predicted molar refractivity (Wildman–Crippen MR) is 90.5 cm³/mol. The third-order valence-corrected chi connectivity index (χ3v) is 4.97. The first-order valence-electron chi connectivity index (χ1n) is 8.91. The number of hydrogen-bond donors (Lipinski definition) is 0. The number of rotatable bonds is 3. The summed E-state index contributed by atoms with van der Waals surface area (Å²) in [5.41, 5.74) is 0.285. The topological polar surface area (TPSA) is 95.4 Å². The largest absolute Gasteiger partial charge is 0.461 e. The molecule has 0 N–H and O–H groups in total. The highest BCUT2D eigenvalue weighted by atomic mass is 16.7. The van der Waals surface area contributed by atoms with Gasteiger partial charge in [0.05, 0.1) is 25.7 Å². The van der Waals surface area contributed by atoms with E-state index in [1.165, 1.54) is 0 Å². The number of ether oxygens (including phenoxy) is 3. The van der Waals surface area contributed by atoms with Crippen LogP contribution in [0.15, 0.2) is 23.6 Å². The lowest BCUT2D eigenvalue weighted by molar-refractivity contribution is -0.240. The molecule has 0 unspecified atom stereocenters. The maximum absolute atomic E-state index is 12.0. The van der Waals surface area contributed by atoms with E-state index in [0.717, 1.165) is 13.1 Å². The third-order valence-electron chi connectivity index (χ3n) is 4.97. The SMILES string of the molecule is CCOC(=O)C1=NO[C@@H]2COC3(CCN(c4ncccn4)CC3)OC[C@@H]12. The number of esters is 1. The number of aromatic nitrogens is 2. The second-order valence-electron chi connectivity index (χ2n) is 6.52. The van der Waals surface area contributed by atoms with Crippen LogP contribution < -0.4 is 4.90 Å². The van der Waals surface area contributed by atoms with Gasteiger partial charge >= 0.3 is 5.97 Å². The standard InChI is InChI=1S/C17H22N4O5/c1-2-23-15(22)14-12-10-24-17(25-11-13(12)26-20-14)4-8-21(9-5-17)16-18-6-3-7-19-16/h3,6-7,12-13H,2,4-5,8-11H2,1H3/t12-,13-/m1/s1. The summed E-state index contributed by atoms with van der Waals surface area (Å²) in [7, 11) is 0. The summed E-state index contributed by atoms with van der Waals surface area (Å²) in [4.78, 5) is 28.1. The van der Waals surface area contributed by atoms with E-state index in [2.05, 4.69) is 20.0 Å². The normalized spacial score (nSPS) is 27.3. The first-order chi connectivity index (χ1) is 12.7. The zero-order chi connectivity index (χ0) is 18.0. The molecule has 0 aliphatic carbocycles. The monoisotopic (exact) mass is 362 g/mol. The maximum atomic E-state index is 12.0. The average molecular weight is 362 g/mol. The molecule has 9 heteroatoms. The smallest absolute Gasteiger partial charge is 0.356 e. The number of hydrogen-bond acceptors (Lipinski definition) is 9. The zero-order valence-corrected chi connectivity index (χ0v) is 14.7. The maximum Gasteiger partial charge on any atom is 0.356 e. The van der Waals surface area contributed by atoms with Crippen LogP contribution in [-0.4, -0.2) is 66.5 Å². The van der Waals surface area contributed by atoms with Gasteiger partial charge < -0.3 is 23.9 Å². The minimum atomic E-state index is -0.668. The van der Waals surface area contributed by atoms with E-state index in [-0.39, 0.29) is 17.7 Å². The van der Waals surface area contributed by atoms with E-state index in [1.807, 2.05) is 0 Å². The summed E-state index contributed by atoms with van der Waals surface area (Å²) in [6, 6.07) is 1.80. The van der Waals surface area contributed by atoms with Crippen molar-refractivity contribution in [2.45, 2.75) is 31.7 Å². The Balaban J connectivity index is 1.39. The predicted octanol–water partition coefficient (Wildman–Crippen LogP) is 0.754. The Hall–Kier alpha value is -2.26. The molecule has 0 saturated carbocycles. The molecule has 0 amide bonds. The molecule has 3 aliphatic heterocycles. The zero-order valence-electron chi connectivity index (χ0n) is 14.7. The molecule has 3 aliphatic rings. The highest BCUT2D eigenvalue weighted by Crippen LogP contribution is 2.35. The lowest BCUT2D eigenvalue weighted by Crippen LogP contribution is -2.48. The van der Waals surface area contributed by atoms with Crippen LogP contribution in [0.25, 0.3) is 0 Å². The van der Waals surface area contributed by atoms with Crippen molar-refractivity contribution >= 4 is 17.6 Å². The van der Waals surface area contributed by atoms with E-state index in [1.54, 1.807) is 25.4 Å².